The maximum Gasteiger partial charge on any atom is 0.488 e. The molecular weight excluding hydrogens is 2420 g/mol. The minimum atomic E-state index is -1.52. The van der Waals surface area contributed by atoms with Crippen LogP contribution in [0.15, 0.2) is 350 Å². The van der Waals surface area contributed by atoms with Gasteiger partial charge in [0.25, 0.3) is 17.1 Å². The molecule has 0 aromatic heterocycles. The van der Waals surface area contributed by atoms with Crippen LogP contribution in [0.5, 0.6) is 0 Å². The first kappa shape index (κ1) is 118. The molecule has 0 heterocycles. The molecule has 17 rings (SSSR count). The molecule has 17 aromatic rings. The van der Waals surface area contributed by atoms with E-state index < -0.39 is 45.2 Å². The van der Waals surface area contributed by atoms with E-state index in [1.54, 1.807) is 84.9 Å². The summed E-state index contributed by atoms with van der Waals surface area (Å²) in [7, 11) is -6.02. The summed E-state index contributed by atoms with van der Waals surface area (Å²) in [6, 6.07) is 105. The number of nitrogens with two attached hydrogens (primary N) is 2. The van der Waals surface area contributed by atoms with E-state index in [4.69, 9.17) is 172 Å². The number of terminal acetylenes is 2. The fraction of sp³-hybridized carbons (Fsp3) is 0.0517. The lowest BCUT2D eigenvalue weighted by atomic mass is 9.75. The zero-order chi connectivity index (χ0) is 108. The molecule has 8 N–H and O–H groups in total. The van der Waals surface area contributed by atoms with Crippen LogP contribution < -0.4 is 22.4 Å². The van der Waals surface area contributed by atoms with Crippen molar-refractivity contribution in [2.45, 2.75) is 39.3 Å². The molecule has 0 spiro atoms. The number of halogens is 14. The van der Waals surface area contributed by atoms with E-state index in [9.17, 15) is 30.3 Å². The molecule has 0 aliphatic heterocycles. The third kappa shape index (κ3) is 34.4. The van der Waals surface area contributed by atoms with Crippen LogP contribution in [0.25, 0.3) is 111 Å². The van der Waals surface area contributed by atoms with E-state index in [1.807, 2.05) is 146 Å². The fourth-order valence-corrected chi connectivity index (χ4v) is 19.8. The topological polar surface area (TPSA) is 262 Å². The smallest absolute Gasteiger partial charge is 0.423 e. The number of nitrogens with zero attached hydrogens (tertiary/aromatic N) is 3. The molecule has 0 aliphatic carbocycles. The second-order valence-corrected chi connectivity index (χ2v) is 52.2. The number of hydrogen-bond donors (Lipinski definition) is 6. The second kappa shape index (κ2) is 54.9. The highest BCUT2D eigenvalue weighted by Gasteiger charge is 2.23. The zero-order valence-corrected chi connectivity index (χ0v) is 96.0. The van der Waals surface area contributed by atoms with Gasteiger partial charge in [0.1, 0.15) is 16.1 Å². The Morgan fingerprint density at radius 3 is 0.705 bits per heavy atom. The summed E-state index contributed by atoms with van der Waals surface area (Å²) in [5, 5.41) is 73.9. The highest BCUT2D eigenvalue weighted by atomic mass is 127. The molecule has 0 saturated carbocycles. The number of nitro groups is 3. The van der Waals surface area contributed by atoms with Crippen molar-refractivity contribution in [3.63, 3.8) is 0 Å². The standard InChI is InChI=1S/C28H28Cl2Si2.C22H12Cl2.C18H10Cl2I2.C18H10Cl2N2O4.C18H14Cl2N2.C6H8B2O4.C6H3BrClNO2/c1-31(2,3)17-15-23-19-25(29)11-13-27(23)21-7-9-22(10-8-21)28-14-12-26(30)20-24(28)16-18-32(4,5)6;1-3-15-13-19(23)9-11-21(15)17-5-7-18(8-6-17)22-12-10-20(24)14-16(22)4-2;19-13-5-7-15(17(21)9-13)11-1-2-12(4-3-11)16-8-6-14(20)10-18(16)22;19-13-5-7-15(17(9-13)21(23)24)11-1-2-12(4-3-11)16-8-6-14(20)10-18(16)22(25)26;19-13-5-7-15(17(21)9-13)11-1-2-12(4-3-11)16-8-6-14(20)10-18(16)22;9-7(10)5-1-2-6(4-3-5)8(11)12;7-5-2-1-4(8)3-6(5)9(10)11/h7-14,19-20H,1-6H3;1-2,5-14H;1-10H;1-10H;1-10H,21-22H2;1-4,9-12H;1-3H. The van der Waals surface area contributed by atoms with Crippen LogP contribution in [0.4, 0.5) is 28.4 Å². The molecule has 0 amide bonds. The minimum absolute atomic E-state index is 0.0162. The zero-order valence-electron chi connectivity index (χ0n) is 79.7. The van der Waals surface area contributed by atoms with Crippen LogP contribution in [-0.4, -0.2) is 65.3 Å². The Kier molecular flexibility index (Phi) is 43.3. The number of anilines is 2. The molecule has 0 radical (unpaired) electrons. The molecule has 17 aromatic carbocycles. The summed E-state index contributed by atoms with van der Waals surface area (Å²) in [4.78, 5) is 31.3. The van der Waals surface area contributed by atoms with Crippen molar-refractivity contribution < 1.29 is 34.9 Å². The van der Waals surface area contributed by atoms with Crippen molar-refractivity contribution in [3.05, 3.63) is 465 Å². The first-order valence-corrected chi connectivity index (χ1v) is 58.8. The van der Waals surface area contributed by atoms with Gasteiger partial charge in [0.05, 0.1) is 30.4 Å². The van der Waals surface area contributed by atoms with E-state index in [0.717, 1.165) is 106 Å². The molecule has 746 valence electrons. The van der Waals surface area contributed by atoms with Gasteiger partial charge in [-0.1, -0.05) is 385 Å². The van der Waals surface area contributed by atoms with Gasteiger partial charge in [-0.05, 0) is 295 Å². The van der Waals surface area contributed by atoms with Crippen molar-refractivity contribution in [2.24, 2.45) is 0 Å². The molecule has 0 saturated heterocycles. The predicted molar refractivity (Wildman–Crippen MR) is 652 cm³/mol. The summed E-state index contributed by atoms with van der Waals surface area (Å²) in [5.74, 6) is 12.1. The van der Waals surface area contributed by atoms with E-state index in [2.05, 4.69) is 208 Å². The third-order valence-corrected chi connectivity index (χ3v) is 28.5. The molecule has 0 unspecified atom stereocenters. The number of nitrogen functional groups attached to an aromatic ring is 2. The molecule has 149 heavy (non-hydrogen) atoms. The summed E-state index contributed by atoms with van der Waals surface area (Å²) >= 11 is 73.4. The number of hydrogen-bond acceptors (Lipinski definition) is 12. The number of rotatable bonds is 15. The Bertz CT molecular complexity index is 7450. The van der Waals surface area contributed by atoms with Gasteiger partial charge in [0, 0.05) is 125 Å². The molecular formula is C116H85B2BrCl11I2N5O10Si2. The Balaban J connectivity index is 0.000000168. The van der Waals surface area contributed by atoms with Gasteiger partial charge in [-0.25, -0.2) is 0 Å². The van der Waals surface area contributed by atoms with Gasteiger partial charge < -0.3 is 31.6 Å². The van der Waals surface area contributed by atoms with Gasteiger partial charge in [-0.15, -0.1) is 23.9 Å². The Labute approximate surface area is 958 Å². The molecule has 15 nitrogen and oxygen atoms in total. The maximum atomic E-state index is 11.2. The largest absolute Gasteiger partial charge is 0.488 e. The Hall–Kier alpha value is -11.7. The Morgan fingerprint density at radius 2 is 0.470 bits per heavy atom. The average Bonchev–Trinajstić information content (AvgIpc) is 0.784. The minimum Gasteiger partial charge on any atom is -0.423 e. The van der Waals surface area contributed by atoms with Crippen molar-refractivity contribution in [2.75, 3.05) is 11.5 Å². The van der Waals surface area contributed by atoms with Gasteiger partial charge >= 0.3 is 14.2 Å². The van der Waals surface area contributed by atoms with Crippen LogP contribution >= 0.6 is 189 Å². The van der Waals surface area contributed by atoms with E-state index in [0.29, 0.717) is 84.2 Å². The maximum absolute atomic E-state index is 11.2. The molecule has 0 atom stereocenters. The SMILES string of the molecule is C#Cc1cc(Cl)ccc1-c1ccc(-c2ccc(Cl)cc2C#C)cc1.C[Si](C)(C)C#Cc1cc(Cl)ccc1-c1ccc(-c2ccc(Cl)cc2C#C[Si](C)(C)C)cc1.Clc1ccc(-c2ccc(-c3ccc(Cl)cc3I)cc2)c(I)c1.Nc1cc(Cl)ccc1-c1ccc(-c2ccc(Cl)cc2N)cc1.O=[N+]([O-])c1cc(Cl)ccc1-c1ccc(-c2ccc(Cl)cc2[N+](=O)[O-])cc1.O=[N+]([O-])c1cc(Cl)ccc1Br.OB(O)c1ccc(B(O)O)cc1. The first-order chi connectivity index (χ1) is 70.7. The van der Waals surface area contributed by atoms with Crippen LogP contribution in [0.2, 0.25) is 94.5 Å². The summed E-state index contributed by atoms with van der Waals surface area (Å²) in [6.45, 7) is 13.5. The fourth-order valence-electron chi connectivity index (χ4n) is 14.5. The van der Waals surface area contributed by atoms with E-state index in [-0.39, 0.29) is 27.1 Å². The van der Waals surface area contributed by atoms with Crippen LogP contribution in [0.1, 0.15) is 22.3 Å². The highest BCUT2D eigenvalue weighted by molar-refractivity contribution is 14.1. The number of nitro benzene ring substituents is 3. The lowest BCUT2D eigenvalue weighted by Crippen LogP contribution is -2.34. The summed E-state index contributed by atoms with van der Waals surface area (Å²) < 4.78 is 2.74. The van der Waals surface area contributed by atoms with Crippen LogP contribution in [0, 0.1) is 85.1 Å². The van der Waals surface area contributed by atoms with Crippen molar-refractivity contribution in [1.29, 1.82) is 0 Å². The lowest BCUT2D eigenvalue weighted by Gasteiger charge is -2.11. The predicted octanol–water partition coefficient (Wildman–Crippen LogP) is 34.3. The quantitative estimate of drug-likeness (QED) is 0.0140. The van der Waals surface area contributed by atoms with E-state index >= 15 is 0 Å². The van der Waals surface area contributed by atoms with Gasteiger partial charge in [-0.3, -0.25) is 30.3 Å². The Morgan fingerprint density at radius 1 is 0.275 bits per heavy atom. The van der Waals surface area contributed by atoms with Gasteiger partial charge in [-0.2, -0.15) is 0 Å². The summed E-state index contributed by atoms with van der Waals surface area (Å²) in [5.41, 5.74) is 43.4. The van der Waals surface area contributed by atoms with E-state index in [1.165, 1.54) is 64.7 Å². The van der Waals surface area contributed by atoms with Crippen LogP contribution in [-0.2, 0) is 0 Å². The normalized spacial score (nSPS) is 10.5. The first-order valence-electron chi connectivity index (χ1n) is 44.7. The molecule has 0 fully saturated rings. The van der Waals surface area contributed by atoms with Gasteiger partial charge in [0.15, 0.2) is 0 Å². The second-order valence-electron chi connectivity index (χ2n) is 34.8. The average molecular weight is 2510 g/mol. The lowest BCUT2D eigenvalue weighted by molar-refractivity contribution is -0.385. The summed E-state index contributed by atoms with van der Waals surface area (Å²) in [6.07, 6.45) is 11.2. The van der Waals surface area contributed by atoms with Crippen molar-refractivity contribution >= 4 is 258 Å². The van der Waals surface area contributed by atoms with Crippen LogP contribution in [0.3, 0.4) is 0 Å². The third-order valence-electron chi connectivity index (χ3n) is 21.8. The highest BCUT2D eigenvalue weighted by Crippen LogP contribution is 2.42. The van der Waals surface area contributed by atoms with Crippen molar-refractivity contribution in [1.82, 2.24) is 0 Å². The molecule has 0 aliphatic rings. The molecule has 33 heteroatoms. The molecule has 0 bridgehead atoms. The van der Waals surface area contributed by atoms with Crippen molar-refractivity contribution in [3.8, 4) is 159 Å². The van der Waals surface area contributed by atoms with Gasteiger partial charge in [0.2, 0.25) is 0 Å². The monoisotopic (exact) mass is 2500 g/mol. The number of benzene rings is 17.